The minimum atomic E-state index is -3.10. The molecule has 5 heteroatoms. The van der Waals surface area contributed by atoms with E-state index in [-0.39, 0.29) is 0 Å². The maximum absolute atomic E-state index is 11.4. The van der Waals surface area contributed by atoms with E-state index in [4.69, 9.17) is 5.73 Å². The van der Waals surface area contributed by atoms with E-state index in [1.807, 2.05) is 12.1 Å². The normalized spacial score (nSPS) is 23.1. The van der Waals surface area contributed by atoms with Gasteiger partial charge in [-0.15, -0.1) is 0 Å². The molecule has 118 valence electrons. The smallest absolute Gasteiger partial charge is 0.175 e. The van der Waals surface area contributed by atoms with Gasteiger partial charge in [-0.1, -0.05) is 12.1 Å². The summed E-state index contributed by atoms with van der Waals surface area (Å²) < 4.78 is 22.8. The van der Waals surface area contributed by atoms with E-state index in [2.05, 4.69) is 5.32 Å². The summed E-state index contributed by atoms with van der Waals surface area (Å²) in [6, 6.07) is 7.13. The van der Waals surface area contributed by atoms with E-state index < -0.39 is 9.84 Å². The highest BCUT2D eigenvalue weighted by Crippen LogP contribution is 2.27. The summed E-state index contributed by atoms with van der Waals surface area (Å²) >= 11 is 0. The molecule has 1 aliphatic rings. The van der Waals surface area contributed by atoms with Crippen molar-refractivity contribution in [2.24, 2.45) is 17.6 Å². The maximum Gasteiger partial charge on any atom is 0.175 e. The molecule has 1 aromatic rings. The van der Waals surface area contributed by atoms with Crippen LogP contribution < -0.4 is 11.1 Å². The molecule has 0 atom stereocenters. The zero-order valence-corrected chi connectivity index (χ0v) is 13.5. The summed E-state index contributed by atoms with van der Waals surface area (Å²) in [5, 5.41) is 3.48. The lowest BCUT2D eigenvalue weighted by Crippen LogP contribution is -2.28. The van der Waals surface area contributed by atoms with Gasteiger partial charge in [0, 0.05) is 12.8 Å². The largest absolute Gasteiger partial charge is 0.330 e. The highest BCUT2D eigenvalue weighted by Gasteiger charge is 2.19. The predicted molar refractivity (Wildman–Crippen MR) is 85.8 cm³/mol. The average Bonchev–Trinajstić information content (AvgIpc) is 2.47. The third-order valence-corrected chi connectivity index (χ3v) is 5.54. The van der Waals surface area contributed by atoms with Gasteiger partial charge in [0.15, 0.2) is 9.84 Å². The van der Waals surface area contributed by atoms with Crippen molar-refractivity contribution < 1.29 is 8.42 Å². The van der Waals surface area contributed by atoms with Crippen LogP contribution in [0.1, 0.15) is 31.2 Å². The number of hydrogen-bond donors (Lipinski definition) is 2. The molecule has 1 aliphatic carbocycles. The van der Waals surface area contributed by atoms with E-state index in [9.17, 15) is 8.42 Å². The minimum absolute atomic E-state index is 0.381. The molecule has 3 N–H and O–H groups in total. The van der Waals surface area contributed by atoms with Gasteiger partial charge >= 0.3 is 0 Å². The molecule has 1 fully saturated rings. The molecule has 2 rings (SSSR count). The van der Waals surface area contributed by atoms with E-state index in [0.29, 0.717) is 4.90 Å². The predicted octanol–water partition coefficient (Wildman–Crippen LogP) is 1.94. The topological polar surface area (TPSA) is 72.2 Å². The lowest BCUT2D eigenvalue weighted by atomic mass is 9.82. The zero-order valence-electron chi connectivity index (χ0n) is 12.7. The number of rotatable bonds is 6. The van der Waals surface area contributed by atoms with Crippen LogP contribution in [0.25, 0.3) is 0 Å². The first-order valence-corrected chi connectivity index (χ1v) is 9.58. The Balaban J connectivity index is 1.74. The van der Waals surface area contributed by atoms with Gasteiger partial charge in [0.1, 0.15) is 0 Å². The Morgan fingerprint density at radius 2 is 1.67 bits per heavy atom. The van der Waals surface area contributed by atoms with E-state index in [1.165, 1.54) is 31.9 Å². The van der Waals surface area contributed by atoms with E-state index in [1.54, 1.807) is 12.1 Å². The number of benzene rings is 1. The summed E-state index contributed by atoms with van der Waals surface area (Å²) in [4.78, 5) is 0.381. The van der Waals surface area contributed by atoms with Gasteiger partial charge in [0.2, 0.25) is 0 Å². The molecule has 21 heavy (non-hydrogen) atoms. The van der Waals surface area contributed by atoms with Crippen molar-refractivity contribution in [1.82, 2.24) is 5.32 Å². The second kappa shape index (κ2) is 7.38. The fraction of sp³-hybridized carbons (Fsp3) is 0.625. The highest BCUT2D eigenvalue weighted by molar-refractivity contribution is 7.90. The maximum atomic E-state index is 11.4. The Hall–Kier alpha value is -0.910. The molecule has 0 heterocycles. The molecule has 1 saturated carbocycles. The SMILES string of the molecule is CS(=O)(=O)c1ccc(CNCC2CCC(CN)CC2)cc1. The average molecular weight is 310 g/mol. The fourth-order valence-corrected chi connectivity index (χ4v) is 3.58. The van der Waals surface area contributed by atoms with Crippen LogP contribution in [0, 0.1) is 11.8 Å². The molecule has 0 radical (unpaired) electrons. The van der Waals surface area contributed by atoms with Crippen molar-refractivity contribution in [2.75, 3.05) is 19.3 Å². The second-order valence-corrected chi connectivity index (χ2v) is 8.19. The number of nitrogens with two attached hydrogens (primary N) is 1. The van der Waals surface area contributed by atoms with Gasteiger partial charge < -0.3 is 11.1 Å². The molecule has 0 aliphatic heterocycles. The summed E-state index contributed by atoms with van der Waals surface area (Å²) in [7, 11) is -3.10. The van der Waals surface area contributed by atoms with Crippen LogP contribution in [-0.4, -0.2) is 27.8 Å². The standard InChI is InChI=1S/C16H26N2O2S/c1-21(19,20)16-8-6-15(7-9-16)12-18-11-14-4-2-13(10-17)3-5-14/h6-9,13-14,18H,2-5,10-12,17H2,1H3. The second-order valence-electron chi connectivity index (χ2n) is 6.17. The first-order valence-electron chi connectivity index (χ1n) is 7.69. The molecule has 0 spiro atoms. The van der Waals surface area contributed by atoms with Gasteiger partial charge in [0.05, 0.1) is 4.90 Å². The third-order valence-electron chi connectivity index (χ3n) is 4.41. The number of sulfone groups is 1. The molecule has 0 amide bonds. The first-order chi connectivity index (χ1) is 9.99. The van der Waals surface area contributed by atoms with Gasteiger partial charge in [0.25, 0.3) is 0 Å². The van der Waals surface area contributed by atoms with Crippen LogP contribution in [0.4, 0.5) is 0 Å². The van der Waals surface area contributed by atoms with Crippen LogP contribution in [0.15, 0.2) is 29.2 Å². The van der Waals surface area contributed by atoms with E-state index >= 15 is 0 Å². The number of nitrogens with one attached hydrogen (secondary N) is 1. The zero-order chi connectivity index (χ0) is 15.3. The van der Waals surface area contributed by atoms with Crippen molar-refractivity contribution in [2.45, 2.75) is 37.1 Å². The Bertz CT molecular complexity index is 532. The Labute approximate surface area is 128 Å². The van der Waals surface area contributed by atoms with Crippen LogP contribution in [0.3, 0.4) is 0 Å². The quantitative estimate of drug-likeness (QED) is 0.842. The monoisotopic (exact) mass is 310 g/mol. The third kappa shape index (κ3) is 5.09. The summed E-state index contributed by atoms with van der Waals surface area (Å²) in [5.41, 5.74) is 6.83. The molecule has 1 aromatic carbocycles. The Morgan fingerprint density at radius 3 is 2.19 bits per heavy atom. The molecule has 0 saturated heterocycles. The number of hydrogen-bond acceptors (Lipinski definition) is 4. The van der Waals surface area contributed by atoms with E-state index in [0.717, 1.165) is 37.0 Å². The Morgan fingerprint density at radius 1 is 1.10 bits per heavy atom. The van der Waals surface area contributed by atoms with Crippen LogP contribution in [-0.2, 0) is 16.4 Å². The first kappa shape index (κ1) is 16.5. The lowest BCUT2D eigenvalue weighted by Gasteiger charge is -2.27. The lowest BCUT2D eigenvalue weighted by molar-refractivity contribution is 0.272. The molecule has 4 nitrogen and oxygen atoms in total. The van der Waals surface area contributed by atoms with Crippen molar-refractivity contribution in [1.29, 1.82) is 0 Å². The molecular formula is C16H26N2O2S. The Kier molecular flexibility index (Phi) is 5.79. The van der Waals surface area contributed by atoms with Crippen molar-refractivity contribution in [3.8, 4) is 0 Å². The minimum Gasteiger partial charge on any atom is -0.330 e. The van der Waals surface area contributed by atoms with Crippen molar-refractivity contribution >= 4 is 9.84 Å². The fourth-order valence-electron chi connectivity index (χ4n) is 2.95. The molecule has 0 aromatic heterocycles. The highest BCUT2D eigenvalue weighted by atomic mass is 32.2. The summed E-state index contributed by atoms with van der Waals surface area (Å²) in [5.74, 6) is 1.48. The van der Waals surface area contributed by atoms with Gasteiger partial charge in [-0.05, 0) is 68.3 Å². The van der Waals surface area contributed by atoms with Gasteiger partial charge in [-0.3, -0.25) is 0 Å². The van der Waals surface area contributed by atoms with Crippen LogP contribution >= 0.6 is 0 Å². The molecular weight excluding hydrogens is 284 g/mol. The van der Waals surface area contributed by atoms with Crippen molar-refractivity contribution in [3.63, 3.8) is 0 Å². The van der Waals surface area contributed by atoms with Crippen LogP contribution in [0.5, 0.6) is 0 Å². The molecule has 0 unspecified atom stereocenters. The van der Waals surface area contributed by atoms with Gasteiger partial charge in [-0.2, -0.15) is 0 Å². The summed E-state index contributed by atoms with van der Waals surface area (Å²) in [6.45, 7) is 2.65. The molecule has 0 bridgehead atoms. The van der Waals surface area contributed by atoms with Crippen molar-refractivity contribution in [3.05, 3.63) is 29.8 Å². The summed E-state index contributed by atoms with van der Waals surface area (Å²) in [6.07, 6.45) is 6.28. The van der Waals surface area contributed by atoms with Crippen LogP contribution in [0.2, 0.25) is 0 Å². The van der Waals surface area contributed by atoms with Gasteiger partial charge in [-0.25, -0.2) is 8.42 Å².